The molecule has 1 fully saturated rings. The summed E-state index contributed by atoms with van der Waals surface area (Å²) >= 11 is 0. The van der Waals surface area contributed by atoms with E-state index in [0.29, 0.717) is 24.3 Å². The van der Waals surface area contributed by atoms with Gasteiger partial charge in [-0.15, -0.1) is 12.4 Å². The molecule has 2 amide bonds. The van der Waals surface area contributed by atoms with Crippen LogP contribution in [-0.2, 0) is 7.05 Å². The molecule has 2 heterocycles. The maximum Gasteiger partial charge on any atom is 0.270 e. The van der Waals surface area contributed by atoms with Crippen LogP contribution in [0.1, 0.15) is 32.3 Å². The Kier molecular flexibility index (Phi) is 5.31. The fraction of sp³-hybridized carbons (Fsp3) is 0.294. The van der Waals surface area contributed by atoms with E-state index in [-0.39, 0.29) is 30.3 Å². The first-order valence-electron chi connectivity index (χ1n) is 7.53. The second-order valence-electron chi connectivity index (χ2n) is 5.98. The summed E-state index contributed by atoms with van der Waals surface area (Å²) in [5, 5.41) is 0. The number of carbonyl (C=O) groups is 2. The van der Waals surface area contributed by atoms with Crippen molar-refractivity contribution in [3.8, 4) is 0 Å². The minimum absolute atomic E-state index is 0. The summed E-state index contributed by atoms with van der Waals surface area (Å²) in [4.78, 5) is 25.7. The molecule has 128 valence electrons. The molecule has 7 heteroatoms. The van der Waals surface area contributed by atoms with Crippen LogP contribution in [0.5, 0.6) is 0 Å². The lowest BCUT2D eigenvalue weighted by Gasteiger charge is -2.16. The first kappa shape index (κ1) is 18.0. The van der Waals surface area contributed by atoms with Gasteiger partial charge in [0.2, 0.25) is 5.91 Å². The van der Waals surface area contributed by atoms with E-state index in [1.165, 1.54) is 6.07 Å². The van der Waals surface area contributed by atoms with Gasteiger partial charge in [-0.3, -0.25) is 9.59 Å². The number of likely N-dealkylation sites (tertiary alicyclic amines) is 1. The predicted molar refractivity (Wildman–Crippen MR) is 94.2 cm³/mol. The average molecular weight is 349 g/mol. The van der Waals surface area contributed by atoms with Crippen molar-refractivity contribution in [3.05, 3.63) is 59.4 Å². The number of amides is 2. The molecule has 0 bridgehead atoms. The number of aryl methyl sites for hydroxylation is 1. The van der Waals surface area contributed by atoms with Gasteiger partial charge in [-0.2, -0.15) is 0 Å². The molecule has 2 aromatic rings. The van der Waals surface area contributed by atoms with Crippen LogP contribution in [0.15, 0.2) is 42.6 Å². The van der Waals surface area contributed by atoms with Crippen molar-refractivity contribution in [2.75, 3.05) is 13.1 Å². The van der Waals surface area contributed by atoms with Gasteiger partial charge in [0.25, 0.3) is 5.91 Å². The van der Waals surface area contributed by atoms with Crippen molar-refractivity contribution >= 4 is 24.2 Å². The molecule has 3 rings (SSSR count). The lowest BCUT2D eigenvalue weighted by atomic mass is 9.95. The molecule has 0 spiro atoms. The third-order valence-corrected chi connectivity index (χ3v) is 4.39. The van der Waals surface area contributed by atoms with Crippen LogP contribution in [0.4, 0.5) is 0 Å². The highest BCUT2D eigenvalue weighted by Crippen LogP contribution is 2.27. The van der Waals surface area contributed by atoms with E-state index in [4.69, 9.17) is 11.5 Å². The van der Waals surface area contributed by atoms with E-state index in [0.717, 1.165) is 5.56 Å². The van der Waals surface area contributed by atoms with Crippen molar-refractivity contribution in [1.29, 1.82) is 0 Å². The van der Waals surface area contributed by atoms with Gasteiger partial charge in [0.1, 0.15) is 5.69 Å². The first-order chi connectivity index (χ1) is 11.0. The summed E-state index contributed by atoms with van der Waals surface area (Å²) in [5.41, 5.74) is 13.4. The Morgan fingerprint density at radius 3 is 2.42 bits per heavy atom. The molecule has 1 aliphatic rings. The minimum Gasteiger partial charge on any atom is -0.366 e. The summed E-state index contributed by atoms with van der Waals surface area (Å²) in [6.07, 6.45) is 1.57. The van der Waals surface area contributed by atoms with Crippen LogP contribution >= 0.6 is 12.4 Å². The predicted octanol–water partition coefficient (Wildman–Crippen LogP) is 1.11. The van der Waals surface area contributed by atoms with E-state index in [1.54, 1.807) is 22.7 Å². The van der Waals surface area contributed by atoms with Crippen LogP contribution in [0.3, 0.4) is 0 Å². The van der Waals surface area contributed by atoms with Gasteiger partial charge in [-0.25, -0.2) is 0 Å². The Morgan fingerprint density at radius 1 is 1.17 bits per heavy atom. The van der Waals surface area contributed by atoms with Crippen molar-refractivity contribution in [2.45, 2.75) is 12.0 Å². The number of halogens is 1. The number of rotatable bonds is 3. The van der Waals surface area contributed by atoms with Crippen LogP contribution in [0.2, 0.25) is 0 Å². The SMILES string of the molecule is Cl.Cn1cc(C(N)=O)cc1C(=O)N1C[C@@H](N)[C@H](c2ccccc2)C1. The van der Waals surface area contributed by atoms with Gasteiger partial charge in [0, 0.05) is 38.3 Å². The number of hydrogen-bond donors (Lipinski definition) is 2. The Labute approximate surface area is 146 Å². The highest BCUT2D eigenvalue weighted by atomic mass is 35.5. The maximum absolute atomic E-state index is 12.7. The molecule has 0 aliphatic carbocycles. The molecule has 0 saturated carbocycles. The average Bonchev–Trinajstić information content (AvgIpc) is 3.11. The monoisotopic (exact) mass is 348 g/mol. The molecule has 6 nitrogen and oxygen atoms in total. The molecule has 1 aromatic heterocycles. The summed E-state index contributed by atoms with van der Waals surface area (Å²) in [6.45, 7) is 1.07. The van der Waals surface area contributed by atoms with Crippen molar-refractivity contribution in [1.82, 2.24) is 9.47 Å². The summed E-state index contributed by atoms with van der Waals surface area (Å²) in [5.74, 6) is -0.551. The number of hydrogen-bond acceptors (Lipinski definition) is 3. The molecule has 0 radical (unpaired) electrons. The Morgan fingerprint density at radius 2 is 1.83 bits per heavy atom. The molecule has 2 atom stereocenters. The number of nitrogens with zero attached hydrogens (tertiary/aromatic N) is 2. The lowest BCUT2D eigenvalue weighted by Crippen LogP contribution is -2.33. The van der Waals surface area contributed by atoms with Crippen molar-refractivity contribution in [3.63, 3.8) is 0 Å². The number of aromatic nitrogens is 1. The van der Waals surface area contributed by atoms with Crippen LogP contribution in [0.25, 0.3) is 0 Å². The van der Waals surface area contributed by atoms with Crippen LogP contribution < -0.4 is 11.5 Å². The molecular formula is C17H21ClN4O2. The van der Waals surface area contributed by atoms with Crippen molar-refractivity contribution < 1.29 is 9.59 Å². The van der Waals surface area contributed by atoms with Gasteiger partial charge >= 0.3 is 0 Å². The standard InChI is InChI=1S/C17H20N4O2.ClH/c1-20-8-12(16(19)22)7-15(20)17(23)21-9-13(14(18)10-21)11-5-3-2-4-6-11;/h2-8,13-14H,9-10,18H2,1H3,(H2,19,22);1H/t13-,14+;/m0./s1. The summed E-state index contributed by atoms with van der Waals surface area (Å²) in [7, 11) is 1.73. The highest BCUT2D eigenvalue weighted by Gasteiger charge is 2.35. The maximum atomic E-state index is 12.7. The van der Waals surface area contributed by atoms with E-state index in [2.05, 4.69) is 0 Å². The second kappa shape index (κ2) is 7.07. The van der Waals surface area contributed by atoms with Crippen LogP contribution in [0, 0.1) is 0 Å². The van der Waals surface area contributed by atoms with Gasteiger partial charge in [0.15, 0.2) is 0 Å². The third-order valence-electron chi connectivity index (χ3n) is 4.39. The molecular weight excluding hydrogens is 328 g/mol. The first-order valence-corrected chi connectivity index (χ1v) is 7.53. The Balaban J connectivity index is 0.00000208. The molecule has 4 N–H and O–H groups in total. The topological polar surface area (TPSA) is 94.3 Å². The van der Waals surface area contributed by atoms with Gasteiger partial charge < -0.3 is 20.9 Å². The third kappa shape index (κ3) is 3.29. The highest BCUT2D eigenvalue weighted by molar-refractivity contribution is 5.98. The minimum atomic E-state index is -0.542. The molecule has 0 unspecified atom stereocenters. The fourth-order valence-electron chi connectivity index (χ4n) is 3.12. The zero-order chi connectivity index (χ0) is 16.6. The van der Waals surface area contributed by atoms with E-state index in [9.17, 15) is 9.59 Å². The smallest absolute Gasteiger partial charge is 0.270 e. The normalized spacial score (nSPS) is 19.8. The zero-order valence-electron chi connectivity index (χ0n) is 13.4. The summed E-state index contributed by atoms with van der Waals surface area (Å²) < 4.78 is 1.63. The number of primary amides is 1. The van der Waals surface area contributed by atoms with E-state index < -0.39 is 5.91 Å². The number of benzene rings is 1. The van der Waals surface area contributed by atoms with Crippen molar-refractivity contribution in [2.24, 2.45) is 18.5 Å². The van der Waals surface area contributed by atoms with Gasteiger partial charge in [-0.1, -0.05) is 30.3 Å². The van der Waals surface area contributed by atoms with Gasteiger partial charge in [-0.05, 0) is 11.6 Å². The lowest BCUT2D eigenvalue weighted by molar-refractivity contribution is 0.0779. The largest absolute Gasteiger partial charge is 0.366 e. The number of carbonyl (C=O) groups excluding carboxylic acids is 2. The second-order valence-corrected chi connectivity index (χ2v) is 5.98. The molecule has 1 aromatic carbocycles. The van der Waals surface area contributed by atoms with Gasteiger partial charge in [0.05, 0.1) is 5.56 Å². The Bertz CT molecular complexity index is 744. The quantitative estimate of drug-likeness (QED) is 0.870. The zero-order valence-corrected chi connectivity index (χ0v) is 14.2. The fourth-order valence-corrected chi connectivity index (χ4v) is 3.12. The Hall–Kier alpha value is -2.31. The molecule has 1 aliphatic heterocycles. The van der Waals surface area contributed by atoms with E-state index >= 15 is 0 Å². The van der Waals surface area contributed by atoms with Crippen LogP contribution in [-0.4, -0.2) is 40.4 Å². The van der Waals surface area contributed by atoms with E-state index in [1.807, 2.05) is 30.3 Å². The molecule has 1 saturated heterocycles. The number of nitrogens with two attached hydrogens (primary N) is 2. The summed E-state index contributed by atoms with van der Waals surface area (Å²) in [6, 6.07) is 11.4. The molecule has 24 heavy (non-hydrogen) atoms.